The van der Waals surface area contributed by atoms with Crippen molar-refractivity contribution in [1.82, 2.24) is 5.43 Å². The van der Waals surface area contributed by atoms with Gasteiger partial charge in [-0.3, -0.25) is 4.79 Å². The standard InChI is InChI=1S/C18H18Br2N2O3/c1-3-8-25-17-15(20)9-12(10-16(17)24-2)11-21-22-18(23)13-6-4-5-7-14(13)19/h4-7,9-11H,3,8H2,1-2H3,(H,22,23)/b21-11+. The lowest BCUT2D eigenvalue weighted by Gasteiger charge is -2.12. The third kappa shape index (κ3) is 5.31. The summed E-state index contributed by atoms with van der Waals surface area (Å²) in [6, 6.07) is 10.8. The summed E-state index contributed by atoms with van der Waals surface area (Å²) in [7, 11) is 1.58. The molecule has 0 spiro atoms. The monoisotopic (exact) mass is 468 g/mol. The maximum Gasteiger partial charge on any atom is 0.272 e. The number of carbonyl (C=O) groups excluding carboxylic acids is 1. The summed E-state index contributed by atoms with van der Waals surface area (Å²) in [5.74, 6) is 0.956. The fourth-order valence-electron chi connectivity index (χ4n) is 2.03. The predicted molar refractivity (Wildman–Crippen MR) is 106 cm³/mol. The van der Waals surface area contributed by atoms with Crippen molar-refractivity contribution in [2.75, 3.05) is 13.7 Å². The van der Waals surface area contributed by atoms with Crippen molar-refractivity contribution in [2.24, 2.45) is 5.10 Å². The maximum atomic E-state index is 12.1. The van der Waals surface area contributed by atoms with Crippen LogP contribution in [0.1, 0.15) is 29.3 Å². The molecule has 1 N–H and O–H groups in total. The third-order valence-electron chi connectivity index (χ3n) is 3.20. The highest BCUT2D eigenvalue weighted by atomic mass is 79.9. The minimum atomic E-state index is -0.294. The zero-order valence-corrected chi connectivity index (χ0v) is 17.1. The Morgan fingerprint density at radius 1 is 1.24 bits per heavy atom. The van der Waals surface area contributed by atoms with Gasteiger partial charge in [0.1, 0.15) is 0 Å². The summed E-state index contributed by atoms with van der Waals surface area (Å²) < 4.78 is 12.5. The van der Waals surface area contributed by atoms with Gasteiger partial charge in [0, 0.05) is 4.47 Å². The Morgan fingerprint density at radius 3 is 2.68 bits per heavy atom. The summed E-state index contributed by atoms with van der Waals surface area (Å²) in [4.78, 5) is 12.1. The van der Waals surface area contributed by atoms with Crippen LogP contribution in [0, 0.1) is 0 Å². The van der Waals surface area contributed by atoms with Crippen LogP contribution in [0.4, 0.5) is 0 Å². The molecule has 0 aliphatic rings. The molecule has 0 atom stereocenters. The Labute approximate surface area is 163 Å². The largest absolute Gasteiger partial charge is 0.493 e. The van der Waals surface area contributed by atoms with Crippen LogP contribution in [-0.4, -0.2) is 25.8 Å². The predicted octanol–water partition coefficient (Wildman–Crippen LogP) is 4.77. The molecule has 1 amide bonds. The number of methoxy groups -OCH3 is 1. The van der Waals surface area contributed by atoms with Gasteiger partial charge < -0.3 is 9.47 Å². The van der Waals surface area contributed by atoms with Crippen LogP contribution >= 0.6 is 31.9 Å². The fourth-order valence-corrected chi connectivity index (χ4v) is 3.07. The van der Waals surface area contributed by atoms with Crippen molar-refractivity contribution in [1.29, 1.82) is 0 Å². The summed E-state index contributed by atoms with van der Waals surface area (Å²) >= 11 is 6.82. The molecule has 7 heteroatoms. The SMILES string of the molecule is CCCOc1c(Br)cc(/C=N/NC(=O)c2ccccc2Br)cc1OC. The van der Waals surface area contributed by atoms with E-state index in [-0.39, 0.29) is 5.91 Å². The van der Waals surface area contributed by atoms with Gasteiger partial charge in [-0.15, -0.1) is 0 Å². The highest BCUT2D eigenvalue weighted by Gasteiger charge is 2.11. The van der Waals surface area contributed by atoms with E-state index < -0.39 is 0 Å². The van der Waals surface area contributed by atoms with Crippen LogP contribution in [0.5, 0.6) is 11.5 Å². The van der Waals surface area contributed by atoms with E-state index in [1.807, 2.05) is 19.1 Å². The molecule has 0 heterocycles. The zero-order valence-electron chi connectivity index (χ0n) is 13.9. The topological polar surface area (TPSA) is 59.9 Å². The highest BCUT2D eigenvalue weighted by molar-refractivity contribution is 9.10. The first kappa shape index (κ1) is 19.5. The Hall–Kier alpha value is -1.86. The third-order valence-corrected chi connectivity index (χ3v) is 4.48. The Kier molecular flexibility index (Phi) is 7.46. The molecule has 5 nitrogen and oxygen atoms in total. The van der Waals surface area contributed by atoms with Crippen LogP contribution in [0.3, 0.4) is 0 Å². The van der Waals surface area contributed by atoms with Crippen molar-refractivity contribution in [3.8, 4) is 11.5 Å². The van der Waals surface area contributed by atoms with Gasteiger partial charge >= 0.3 is 0 Å². The van der Waals surface area contributed by atoms with Crippen molar-refractivity contribution in [3.05, 3.63) is 56.5 Å². The molecule has 0 aliphatic heterocycles. The van der Waals surface area contributed by atoms with Gasteiger partial charge in [0.2, 0.25) is 0 Å². The molecule has 2 aromatic carbocycles. The van der Waals surface area contributed by atoms with E-state index in [9.17, 15) is 4.79 Å². The molecule has 0 unspecified atom stereocenters. The Bertz CT molecular complexity index is 779. The van der Waals surface area contributed by atoms with Crippen molar-refractivity contribution in [3.63, 3.8) is 0 Å². The number of rotatable bonds is 7. The van der Waals surface area contributed by atoms with Gasteiger partial charge in [-0.1, -0.05) is 19.1 Å². The lowest BCUT2D eigenvalue weighted by atomic mass is 10.2. The summed E-state index contributed by atoms with van der Waals surface area (Å²) in [5, 5.41) is 4.00. The molecule has 0 saturated carbocycles. The second kappa shape index (κ2) is 9.58. The number of nitrogens with one attached hydrogen (secondary N) is 1. The first-order valence-electron chi connectivity index (χ1n) is 7.65. The van der Waals surface area contributed by atoms with E-state index >= 15 is 0 Å². The van der Waals surface area contributed by atoms with E-state index in [1.165, 1.54) is 0 Å². The average Bonchev–Trinajstić information content (AvgIpc) is 2.60. The van der Waals surface area contributed by atoms with Crippen LogP contribution < -0.4 is 14.9 Å². The first-order valence-corrected chi connectivity index (χ1v) is 9.23. The normalized spacial score (nSPS) is 10.7. The van der Waals surface area contributed by atoms with Crippen molar-refractivity contribution >= 4 is 44.0 Å². The first-order chi connectivity index (χ1) is 12.1. The molecular formula is C18H18Br2N2O3. The number of benzene rings is 2. The van der Waals surface area contributed by atoms with Gasteiger partial charge in [-0.25, -0.2) is 5.43 Å². The van der Waals surface area contributed by atoms with E-state index in [2.05, 4.69) is 42.4 Å². The van der Waals surface area contributed by atoms with Gasteiger partial charge in [0.25, 0.3) is 5.91 Å². The van der Waals surface area contributed by atoms with E-state index in [1.54, 1.807) is 37.6 Å². The zero-order chi connectivity index (χ0) is 18.2. The molecule has 0 fully saturated rings. The fraction of sp³-hybridized carbons (Fsp3) is 0.222. The molecule has 0 bridgehead atoms. The summed E-state index contributed by atoms with van der Waals surface area (Å²) in [6.07, 6.45) is 2.45. The van der Waals surface area contributed by atoms with E-state index in [4.69, 9.17) is 9.47 Å². The maximum absolute atomic E-state index is 12.1. The molecule has 0 radical (unpaired) electrons. The van der Waals surface area contributed by atoms with Gasteiger partial charge in [-0.05, 0) is 68.1 Å². The second-order valence-electron chi connectivity index (χ2n) is 5.06. The number of hydrazone groups is 1. The van der Waals surface area contributed by atoms with Crippen LogP contribution in [-0.2, 0) is 0 Å². The summed E-state index contributed by atoms with van der Waals surface area (Å²) in [6.45, 7) is 2.64. The molecule has 0 saturated heterocycles. The van der Waals surface area contributed by atoms with E-state index in [0.29, 0.717) is 28.1 Å². The van der Waals surface area contributed by atoms with Crippen LogP contribution in [0.15, 0.2) is 50.4 Å². The lowest BCUT2D eigenvalue weighted by molar-refractivity contribution is 0.0954. The number of ether oxygens (including phenoxy) is 2. The minimum Gasteiger partial charge on any atom is -0.493 e. The van der Waals surface area contributed by atoms with E-state index in [0.717, 1.165) is 16.5 Å². The lowest BCUT2D eigenvalue weighted by Crippen LogP contribution is -2.18. The van der Waals surface area contributed by atoms with Crippen molar-refractivity contribution < 1.29 is 14.3 Å². The molecule has 2 aromatic rings. The van der Waals surface area contributed by atoms with Gasteiger partial charge in [0.15, 0.2) is 11.5 Å². The number of hydrogen-bond donors (Lipinski definition) is 1. The highest BCUT2D eigenvalue weighted by Crippen LogP contribution is 2.36. The number of carbonyl (C=O) groups is 1. The number of halogens is 2. The number of nitrogens with zero attached hydrogens (tertiary/aromatic N) is 1. The van der Waals surface area contributed by atoms with Crippen molar-refractivity contribution in [2.45, 2.75) is 13.3 Å². The average molecular weight is 470 g/mol. The Morgan fingerprint density at radius 2 is 2.00 bits per heavy atom. The molecule has 132 valence electrons. The number of amides is 1. The van der Waals surface area contributed by atoms with Gasteiger partial charge in [0.05, 0.1) is 30.0 Å². The minimum absolute atomic E-state index is 0.294. The van der Waals surface area contributed by atoms with Crippen LogP contribution in [0.25, 0.3) is 0 Å². The van der Waals surface area contributed by atoms with Gasteiger partial charge in [-0.2, -0.15) is 5.10 Å². The molecule has 2 rings (SSSR count). The van der Waals surface area contributed by atoms with Crippen LogP contribution in [0.2, 0.25) is 0 Å². The molecular weight excluding hydrogens is 452 g/mol. The summed E-state index contributed by atoms with van der Waals surface area (Å²) in [5.41, 5.74) is 3.79. The number of hydrogen-bond acceptors (Lipinski definition) is 4. The molecule has 25 heavy (non-hydrogen) atoms. The smallest absolute Gasteiger partial charge is 0.272 e. The second-order valence-corrected chi connectivity index (χ2v) is 6.77. The molecule has 0 aliphatic carbocycles. The molecule has 0 aromatic heterocycles. The Balaban J connectivity index is 2.12. The quantitative estimate of drug-likeness (QED) is 0.469.